The average molecular weight is 529 g/mol. The predicted octanol–water partition coefficient (Wildman–Crippen LogP) is 3.61. The molecule has 1 fully saturated rings. The Labute approximate surface area is 226 Å². The lowest BCUT2D eigenvalue weighted by Gasteiger charge is -2.19. The van der Waals surface area contributed by atoms with Crippen molar-refractivity contribution in [3.8, 4) is 11.3 Å². The smallest absolute Gasteiger partial charge is 0.284 e. The molecular formula is C28H32N8O3. The normalized spacial score (nSPS) is 18.4. The number of hydrogen-bond acceptors (Lipinski definition) is 10. The second kappa shape index (κ2) is 10.3. The first-order chi connectivity index (χ1) is 18.9. The van der Waals surface area contributed by atoms with Crippen LogP contribution in [0.2, 0.25) is 0 Å². The number of β-amino-alcohol motifs (C(OH)–C–C–N with tert-alkyl or cyclic N) is 1. The summed E-state index contributed by atoms with van der Waals surface area (Å²) in [6.45, 7) is 4.20. The Morgan fingerprint density at radius 2 is 2.13 bits per heavy atom. The maximum atomic E-state index is 13.2. The van der Waals surface area contributed by atoms with E-state index >= 15 is 0 Å². The van der Waals surface area contributed by atoms with Crippen LogP contribution in [0.15, 0.2) is 47.3 Å². The second-order valence-corrected chi connectivity index (χ2v) is 10.8. The molecule has 0 amide bonds. The third kappa shape index (κ3) is 5.45. The van der Waals surface area contributed by atoms with Crippen molar-refractivity contribution in [3.63, 3.8) is 0 Å². The molecule has 0 spiro atoms. The van der Waals surface area contributed by atoms with Gasteiger partial charge >= 0.3 is 0 Å². The number of aromatic nitrogens is 6. The van der Waals surface area contributed by atoms with Crippen molar-refractivity contribution < 1.29 is 14.3 Å². The van der Waals surface area contributed by atoms with Gasteiger partial charge < -0.3 is 14.8 Å². The Bertz CT molecular complexity index is 1490. The highest BCUT2D eigenvalue weighted by molar-refractivity contribution is 5.92. The molecule has 2 N–H and O–H groups in total. The van der Waals surface area contributed by atoms with Crippen molar-refractivity contribution in [1.29, 1.82) is 0 Å². The van der Waals surface area contributed by atoms with Crippen LogP contribution in [-0.2, 0) is 19.0 Å². The van der Waals surface area contributed by atoms with Gasteiger partial charge in [0.05, 0.1) is 24.2 Å². The second-order valence-electron chi connectivity index (χ2n) is 10.8. The van der Waals surface area contributed by atoms with Crippen molar-refractivity contribution in [2.75, 3.05) is 25.0 Å². The van der Waals surface area contributed by atoms with E-state index in [2.05, 4.69) is 49.6 Å². The zero-order valence-corrected chi connectivity index (χ0v) is 22.2. The summed E-state index contributed by atoms with van der Waals surface area (Å²) >= 11 is 0. The first-order valence-corrected chi connectivity index (χ1v) is 13.3. The molecule has 1 aliphatic carbocycles. The average Bonchev–Trinajstić information content (AvgIpc) is 3.31. The minimum absolute atomic E-state index is 0.00492. The lowest BCUT2D eigenvalue weighted by molar-refractivity contribution is 0.0934. The third-order valence-corrected chi connectivity index (χ3v) is 7.71. The molecule has 3 aromatic heterocycles. The lowest BCUT2D eigenvalue weighted by atomic mass is 9.87. The number of rotatable bonds is 9. The van der Waals surface area contributed by atoms with Crippen LogP contribution in [-0.4, -0.2) is 65.4 Å². The molecule has 1 atom stereocenters. The van der Waals surface area contributed by atoms with E-state index in [0.29, 0.717) is 31.3 Å². The summed E-state index contributed by atoms with van der Waals surface area (Å²) in [6.07, 6.45) is 8.42. The molecular weight excluding hydrogens is 496 g/mol. The van der Waals surface area contributed by atoms with E-state index in [-0.39, 0.29) is 29.6 Å². The summed E-state index contributed by atoms with van der Waals surface area (Å²) in [5.74, 6) is 1.02. The predicted molar refractivity (Wildman–Crippen MR) is 144 cm³/mol. The molecule has 6 rings (SSSR count). The Morgan fingerprint density at radius 1 is 1.26 bits per heavy atom. The van der Waals surface area contributed by atoms with Gasteiger partial charge in [-0.1, -0.05) is 19.1 Å². The van der Waals surface area contributed by atoms with Crippen LogP contribution in [0.4, 0.5) is 11.6 Å². The number of aliphatic hydroxyl groups is 1. The maximum absolute atomic E-state index is 13.2. The van der Waals surface area contributed by atoms with Gasteiger partial charge in [-0.05, 0) is 55.0 Å². The SMILES string of the molecule is Cn1cc(Nc2nccc(-c3ccc4c(c3)CN(CCO)CCC4CC(=O)c3nnc(C4(C)CC4)o3)n2)cn1. The number of aliphatic hydroxyl groups excluding tert-OH is 1. The number of carbonyl (C=O) groups excluding carboxylic acids is 1. The van der Waals surface area contributed by atoms with Crippen LogP contribution < -0.4 is 5.32 Å². The molecule has 1 aromatic carbocycles. The van der Waals surface area contributed by atoms with Crippen LogP contribution in [0.25, 0.3) is 11.3 Å². The fourth-order valence-electron chi connectivity index (χ4n) is 5.15. The van der Waals surface area contributed by atoms with E-state index in [1.54, 1.807) is 17.1 Å². The third-order valence-electron chi connectivity index (χ3n) is 7.71. The quantitative estimate of drug-likeness (QED) is 0.310. The number of aryl methyl sites for hydroxylation is 1. The standard InChI is InChI=1S/C28H32N8O3/c1-28(7-8-28)26-34-33-25(39-26)24(38)14-18-6-10-36(11-12-37)16-20-13-19(3-4-22(18)20)23-5-9-29-27(32-23)31-21-15-30-35(2)17-21/h3-5,9,13,15,17-18,37H,6-8,10-12,14,16H2,1-2H3,(H,29,31,32). The van der Waals surface area contributed by atoms with Crippen LogP contribution in [0.1, 0.15) is 66.2 Å². The zero-order chi connectivity index (χ0) is 27.0. The molecule has 1 saturated carbocycles. The highest BCUT2D eigenvalue weighted by atomic mass is 16.4. The van der Waals surface area contributed by atoms with Crippen LogP contribution in [0.5, 0.6) is 0 Å². The monoisotopic (exact) mass is 528 g/mol. The van der Waals surface area contributed by atoms with E-state index in [9.17, 15) is 9.90 Å². The Hall–Kier alpha value is -3.96. The number of hydrogen-bond donors (Lipinski definition) is 2. The number of nitrogens with one attached hydrogen (secondary N) is 1. The fraction of sp³-hybridized carbons (Fsp3) is 0.429. The maximum Gasteiger partial charge on any atom is 0.284 e. The molecule has 0 saturated heterocycles. The number of anilines is 2. The largest absolute Gasteiger partial charge is 0.418 e. The van der Waals surface area contributed by atoms with Crippen molar-refractivity contribution in [2.45, 2.75) is 50.5 Å². The van der Waals surface area contributed by atoms with Gasteiger partial charge in [0.15, 0.2) is 0 Å². The van der Waals surface area contributed by atoms with Crippen molar-refractivity contribution in [1.82, 2.24) is 34.8 Å². The number of carbonyl (C=O) groups is 1. The van der Waals surface area contributed by atoms with Crippen LogP contribution in [0.3, 0.4) is 0 Å². The summed E-state index contributed by atoms with van der Waals surface area (Å²) in [5, 5.41) is 25.2. The Kier molecular flexibility index (Phi) is 6.69. The molecule has 39 heavy (non-hydrogen) atoms. The van der Waals surface area contributed by atoms with Gasteiger partial charge in [0.1, 0.15) is 0 Å². The molecule has 11 nitrogen and oxygen atoms in total. The first-order valence-electron chi connectivity index (χ1n) is 13.3. The van der Waals surface area contributed by atoms with Gasteiger partial charge in [-0.15, -0.1) is 10.2 Å². The van der Waals surface area contributed by atoms with Gasteiger partial charge in [0, 0.05) is 49.9 Å². The molecule has 0 radical (unpaired) electrons. The summed E-state index contributed by atoms with van der Waals surface area (Å²) in [5.41, 5.74) is 4.73. The van der Waals surface area contributed by atoms with E-state index in [1.165, 1.54) is 0 Å². The van der Waals surface area contributed by atoms with E-state index in [1.807, 2.05) is 25.4 Å². The number of ketones is 1. The summed E-state index contributed by atoms with van der Waals surface area (Å²) in [6, 6.07) is 8.17. The molecule has 1 aliphatic heterocycles. The minimum Gasteiger partial charge on any atom is -0.418 e. The molecule has 1 unspecified atom stereocenters. The Balaban J connectivity index is 1.26. The molecule has 0 bridgehead atoms. The fourth-order valence-corrected chi connectivity index (χ4v) is 5.15. The van der Waals surface area contributed by atoms with E-state index in [4.69, 9.17) is 9.40 Å². The van der Waals surface area contributed by atoms with Crippen molar-refractivity contribution in [3.05, 3.63) is 65.8 Å². The molecule has 202 valence electrons. The number of fused-ring (bicyclic) bond motifs is 1. The Morgan fingerprint density at radius 3 is 2.90 bits per heavy atom. The lowest BCUT2D eigenvalue weighted by Crippen LogP contribution is -2.26. The minimum atomic E-state index is -0.129. The molecule has 4 aromatic rings. The van der Waals surface area contributed by atoms with Gasteiger partial charge in [0.25, 0.3) is 5.89 Å². The highest BCUT2D eigenvalue weighted by Crippen LogP contribution is 2.46. The van der Waals surface area contributed by atoms with Crippen molar-refractivity contribution >= 4 is 17.4 Å². The van der Waals surface area contributed by atoms with Gasteiger partial charge in [0.2, 0.25) is 17.6 Å². The van der Waals surface area contributed by atoms with Crippen LogP contribution in [0, 0.1) is 0 Å². The summed E-state index contributed by atoms with van der Waals surface area (Å²) in [7, 11) is 1.85. The number of Topliss-reactive ketones (excluding diaryl/α,β-unsaturated/α-hetero) is 1. The number of nitrogens with zero attached hydrogens (tertiary/aromatic N) is 7. The first kappa shape index (κ1) is 25.3. The van der Waals surface area contributed by atoms with E-state index < -0.39 is 0 Å². The highest BCUT2D eigenvalue weighted by Gasteiger charge is 2.44. The van der Waals surface area contributed by atoms with Gasteiger partial charge in [-0.25, -0.2) is 9.97 Å². The van der Waals surface area contributed by atoms with Crippen molar-refractivity contribution in [2.24, 2.45) is 7.05 Å². The summed E-state index contributed by atoms with van der Waals surface area (Å²) < 4.78 is 7.50. The summed E-state index contributed by atoms with van der Waals surface area (Å²) in [4.78, 5) is 24.5. The molecule has 2 aliphatic rings. The number of benzene rings is 1. The van der Waals surface area contributed by atoms with Gasteiger partial charge in [-0.2, -0.15) is 5.10 Å². The zero-order valence-electron chi connectivity index (χ0n) is 22.2. The van der Waals surface area contributed by atoms with E-state index in [0.717, 1.165) is 53.9 Å². The molecule has 11 heteroatoms. The van der Waals surface area contributed by atoms with Gasteiger partial charge in [-0.3, -0.25) is 14.4 Å². The van der Waals surface area contributed by atoms with Crippen LogP contribution >= 0.6 is 0 Å². The molecule has 4 heterocycles. The topological polar surface area (TPSA) is 135 Å².